The first-order valence-corrected chi connectivity index (χ1v) is 12.2. The lowest BCUT2D eigenvalue weighted by molar-refractivity contribution is -0.686. The van der Waals surface area contributed by atoms with E-state index < -0.39 is 0 Å². The van der Waals surface area contributed by atoms with Gasteiger partial charge in [0.15, 0.2) is 35.7 Å². The van der Waals surface area contributed by atoms with E-state index in [1.807, 2.05) is 6.07 Å². The molecule has 2 N–H and O–H groups in total. The second kappa shape index (κ2) is 10.3. The summed E-state index contributed by atoms with van der Waals surface area (Å²) in [6.07, 6.45) is 12.7. The Labute approximate surface area is 196 Å². The number of hydrogen-bond donors (Lipinski definition) is 2. The Morgan fingerprint density at radius 2 is 1.61 bits per heavy atom. The minimum Gasteiger partial charge on any atom is -0.504 e. The molecule has 33 heavy (non-hydrogen) atoms. The van der Waals surface area contributed by atoms with Gasteiger partial charge in [-0.05, 0) is 42.7 Å². The summed E-state index contributed by atoms with van der Waals surface area (Å²) in [6.45, 7) is 3.06. The smallest absolute Gasteiger partial charge is 0.216 e. The molecule has 0 saturated heterocycles. The summed E-state index contributed by atoms with van der Waals surface area (Å²) in [4.78, 5) is 0. The lowest BCUT2D eigenvalue weighted by Gasteiger charge is -2.21. The van der Waals surface area contributed by atoms with E-state index in [1.165, 1.54) is 44.1 Å². The second-order valence-corrected chi connectivity index (χ2v) is 9.03. The van der Waals surface area contributed by atoms with Gasteiger partial charge < -0.3 is 19.7 Å². The SMILES string of the molecule is CCCCCCCCCc1c2[n+](cc3c(OC)c(OC)ccc13)CCc1cc(O)c(O)cc1-2. The summed E-state index contributed by atoms with van der Waals surface area (Å²) in [5.74, 6) is 1.36. The molecule has 1 aromatic heterocycles. The van der Waals surface area contributed by atoms with Crippen LogP contribution in [0.15, 0.2) is 30.5 Å². The summed E-state index contributed by atoms with van der Waals surface area (Å²) in [5, 5.41) is 22.5. The van der Waals surface area contributed by atoms with Gasteiger partial charge in [0.2, 0.25) is 5.69 Å². The zero-order chi connectivity index (χ0) is 23.4. The van der Waals surface area contributed by atoms with Crippen molar-refractivity contribution in [1.82, 2.24) is 0 Å². The van der Waals surface area contributed by atoms with Crippen molar-refractivity contribution in [3.8, 4) is 34.3 Å². The van der Waals surface area contributed by atoms with Gasteiger partial charge in [0.05, 0.1) is 25.2 Å². The maximum absolute atomic E-state index is 10.3. The van der Waals surface area contributed by atoms with Gasteiger partial charge in [-0.25, -0.2) is 0 Å². The van der Waals surface area contributed by atoms with Gasteiger partial charge in [-0.15, -0.1) is 0 Å². The number of rotatable bonds is 10. The molecule has 0 radical (unpaired) electrons. The van der Waals surface area contributed by atoms with Crippen LogP contribution in [0.4, 0.5) is 0 Å². The standard InChI is InChI=1S/C28H35NO4/c1-4-5-6-7-8-9-10-11-21-20-12-13-26(32-2)28(33-3)23(20)18-29-15-14-19-16-24(30)25(31)17-22(19)27(21)29/h12-13,16-18,31H,4-11,14-15H2,1-3H3/p+1. The molecule has 0 aliphatic carbocycles. The van der Waals surface area contributed by atoms with Gasteiger partial charge in [0.1, 0.15) is 0 Å². The van der Waals surface area contributed by atoms with E-state index in [2.05, 4.69) is 23.8 Å². The van der Waals surface area contributed by atoms with Crippen molar-refractivity contribution in [1.29, 1.82) is 0 Å². The van der Waals surface area contributed by atoms with E-state index in [0.717, 1.165) is 64.9 Å². The number of benzene rings is 2. The number of methoxy groups -OCH3 is 2. The number of fused-ring (bicyclic) bond motifs is 4. The van der Waals surface area contributed by atoms with E-state index in [-0.39, 0.29) is 11.5 Å². The maximum Gasteiger partial charge on any atom is 0.216 e. The number of pyridine rings is 1. The van der Waals surface area contributed by atoms with E-state index in [1.54, 1.807) is 26.4 Å². The molecule has 176 valence electrons. The van der Waals surface area contributed by atoms with Crippen molar-refractivity contribution in [2.75, 3.05) is 14.2 Å². The number of unbranched alkanes of at least 4 members (excludes halogenated alkanes) is 6. The van der Waals surface area contributed by atoms with E-state index in [9.17, 15) is 10.2 Å². The molecule has 0 spiro atoms. The first kappa shape index (κ1) is 23.2. The molecule has 5 heteroatoms. The van der Waals surface area contributed by atoms with Crippen LogP contribution in [0.5, 0.6) is 23.0 Å². The zero-order valence-corrected chi connectivity index (χ0v) is 20.1. The van der Waals surface area contributed by atoms with Crippen molar-refractivity contribution in [3.05, 3.63) is 41.6 Å². The van der Waals surface area contributed by atoms with Crippen molar-refractivity contribution in [3.63, 3.8) is 0 Å². The third kappa shape index (κ3) is 4.59. The lowest BCUT2D eigenvalue weighted by atomic mass is 9.89. The molecular weight excluding hydrogens is 414 g/mol. The van der Waals surface area contributed by atoms with Crippen LogP contribution < -0.4 is 14.0 Å². The van der Waals surface area contributed by atoms with Crippen LogP contribution >= 0.6 is 0 Å². The number of phenols is 2. The van der Waals surface area contributed by atoms with Crippen LogP contribution in [-0.4, -0.2) is 24.4 Å². The molecule has 0 bridgehead atoms. The Kier molecular flexibility index (Phi) is 7.26. The molecule has 1 aliphatic heterocycles. The van der Waals surface area contributed by atoms with E-state index >= 15 is 0 Å². The molecule has 0 unspecified atom stereocenters. The topological polar surface area (TPSA) is 62.8 Å². The number of aromatic hydroxyl groups is 2. The number of nitrogens with zero attached hydrogens (tertiary/aromatic N) is 1. The number of aromatic nitrogens is 1. The van der Waals surface area contributed by atoms with Gasteiger partial charge in [-0.2, -0.15) is 4.57 Å². The minimum absolute atomic E-state index is 0.0528. The van der Waals surface area contributed by atoms with Crippen LogP contribution in [0.1, 0.15) is 63.0 Å². The highest BCUT2D eigenvalue weighted by Crippen LogP contribution is 2.42. The fourth-order valence-corrected chi connectivity index (χ4v) is 5.16. The molecule has 0 atom stereocenters. The molecule has 3 aromatic rings. The van der Waals surface area contributed by atoms with Crippen molar-refractivity contribution in [2.45, 2.75) is 71.3 Å². The summed E-state index contributed by atoms with van der Waals surface area (Å²) < 4.78 is 13.6. The molecule has 4 rings (SSSR count). The second-order valence-electron chi connectivity index (χ2n) is 9.03. The monoisotopic (exact) mass is 450 g/mol. The number of ether oxygens (including phenoxy) is 2. The van der Waals surface area contributed by atoms with Gasteiger partial charge >= 0.3 is 0 Å². The fourth-order valence-electron chi connectivity index (χ4n) is 5.16. The van der Waals surface area contributed by atoms with Crippen LogP contribution in [0.25, 0.3) is 22.0 Å². The van der Waals surface area contributed by atoms with E-state index in [0.29, 0.717) is 0 Å². The summed E-state index contributed by atoms with van der Waals surface area (Å²) >= 11 is 0. The summed E-state index contributed by atoms with van der Waals surface area (Å²) in [6, 6.07) is 7.54. The molecule has 0 fully saturated rings. The highest BCUT2D eigenvalue weighted by molar-refractivity contribution is 5.95. The minimum atomic E-state index is -0.0727. The molecule has 2 heterocycles. The van der Waals surface area contributed by atoms with Crippen molar-refractivity contribution in [2.24, 2.45) is 0 Å². The van der Waals surface area contributed by atoms with Crippen LogP contribution in [0.2, 0.25) is 0 Å². The van der Waals surface area contributed by atoms with Gasteiger partial charge in [0.25, 0.3) is 0 Å². The largest absolute Gasteiger partial charge is 0.504 e. The summed E-state index contributed by atoms with van der Waals surface area (Å²) in [5.41, 5.74) is 4.49. The predicted molar refractivity (Wildman–Crippen MR) is 131 cm³/mol. The highest BCUT2D eigenvalue weighted by Gasteiger charge is 2.30. The first-order valence-electron chi connectivity index (χ1n) is 12.2. The lowest BCUT2D eigenvalue weighted by Crippen LogP contribution is -2.41. The normalized spacial score (nSPS) is 12.5. The molecule has 0 saturated carbocycles. The number of aryl methyl sites for hydroxylation is 3. The Balaban J connectivity index is 1.79. The molecule has 2 aromatic carbocycles. The quantitative estimate of drug-likeness (QED) is 0.223. The third-order valence-electron chi connectivity index (χ3n) is 6.88. The number of phenolic OH excluding ortho intramolecular Hbond substituents is 2. The highest BCUT2D eigenvalue weighted by atomic mass is 16.5. The maximum atomic E-state index is 10.3. The Morgan fingerprint density at radius 1 is 0.879 bits per heavy atom. The molecule has 1 aliphatic rings. The average molecular weight is 451 g/mol. The van der Waals surface area contributed by atoms with Crippen LogP contribution in [-0.2, 0) is 19.4 Å². The van der Waals surface area contributed by atoms with Gasteiger partial charge in [-0.1, -0.05) is 45.4 Å². The van der Waals surface area contributed by atoms with Crippen molar-refractivity contribution < 1.29 is 24.3 Å². The van der Waals surface area contributed by atoms with Gasteiger partial charge in [-0.3, -0.25) is 0 Å². The van der Waals surface area contributed by atoms with Crippen LogP contribution in [0.3, 0.4) is 0 Å². The van der Waals surface area contributed by atoms with Crippen LogP contribution in [0, 0.1) is 0 Å². The first-order chi connectivity index (χ1) is 16.1. The summed E-state index contributed by atoms with van der Waals surface area (Å²) in [7, 11) is 3.35. The molecule has 0 amide bonds. The fraction of sp³-hybridized carbons (Fsp3) is 0.464. The van der Waals surface area contributed by atoms with Crippen molar-refractivity contribution >= 4 is 10.8 Å². The van der Waals surface area contributed by atoms with E-state index in [4.69, 9.17) is 9.47 Å². The predicted octanol–water partition coefficient (Wildman–Crippen LogP) is 6.07. The average Bonchev–Trinajstić information content (AvgIpc) is 2.82. The molecular formula is C28H36NO4+. The Morgan fingerprint density at radius 3 is 2.33 bits per heavy atom. The Hall–Kier alpha value is -2.95. The number of hydrogen-bond acceptors (Lipinski definition) is 4. The zero-order valence-electron chi connectivity index (χ0n) is 20.1. The Bertz CT molecular complexity index is 1140. The van der Waals surface area contributed by atoms with Gasteiger partial charge in [0, 0.05) is 17.4 Å². The third-order valence-corrected chi connectivity index (χ3v) is 6.88. The molecule has 5 nitrogen and oxygen atoms in total.